The van der Waals surface area contributed by atoms with Crippen molar-refractivity contribution in [1.29, 1.82) is 5.26 Å². The normalized spacial score (nSPS) is 11.0. The maximum atomic E-state index is 12.6. The third-order valence-electron chi connectivity index (χ3n) is 4.39. The van der Waals surface area contributed by atoms with Gasteiger partial charge in [0.25, 0.3) is 11.6 Å². The van der Waals surface area contributed by atoms with Gasteiger partial charge in [0, 0.05) is 16.8 Å². The Morgan fingerprint density at radius 3 is 2.35 bits per heavy atom. The van der Waals surface area contributed by atoms with Crippen molar-refractivity contribution in [3.63, 3.8) is 0 Å². The second kappa shape index (κ2) is 11.8. The van der Waals surface area contributed by atoms with E-state index in [1.807, 2.05) is 18.2 Å². The highest BCUT2D eigenvalue weighted by Gasteiger charge is 2.16. The average Bonchev–Trinajstić information content (AvgIpc) is 2.79. The zero-order valence-electron chi connectivity index (χ0n) is 17.0. The van der Waals surface area contributed by atoms with Gasteiger partial charge >= 0.3 is 0 Å². The topological polar surface area (TPSA) is 105 Å². The van der Waals surface area contributed by atoms with Gasteiger partial charge in [-0.05, 0) is 98.8 Å². The summed E-state index contributed by atoms with van der Waals surface area (Å²) < 4.78 is 7.56. The third-order valence-corrected chi connectivity index (χ3v) is 6.57. The summed E-state index contributed by atoms with van der Waals surface area (Å²) in [6.07, 6.45) is 1.44. The molecule has 0 aromatic heterocycles. The number of nitro groups is 1. The van der Waals surface area contributed by atoms with Crippen LogP contribution >= 0.6 is 68.4 Å². The smallest absolute Gasteiger partial charge is 0.289 e. The van der Waals surface area contributed by atoms with Crippen LogP contribution in [0.4, 0.5) is 11.4 Å². The maximum absolute atomic E-state index is 12.6. The summed E-state index contributed by atoms with van der Waals surface area (Å²) in [5, 5.41) is 23.6. The number of ether oxygens (including phenoxy) is 1. The van der Waals surface area contributed by atoms with E-state index in [9.17, 15) is 20.2 Å². The molecule has 1 N–H and O–H groups in total. The molecule has 3 rings (SSSR count). The van der Waals surface area contributed by atoms with Gasteiger partial charge in [-0.25, -0.2) is 0 Å². The van der Waals surface area contributed by atoms with Crippen LogP contribution in [0.2, 0.25) is 10.0 Å². The number of benzene rings is 3. The number of hydrogen-bond donors (Lipinski definition) is 1. The Bertz CT molecular complexity index is 1320. The zero-order chi connectivity index (χ0) is 24.8. The van der Waals surface area contributed by atoms with Crippen LogP contribution in [0.5, 0.6) is 5.75 Å². The number of rotatable bonds is 7. The first-order valence-corrected chi connectivity index (χ1v) is 12.3. The first-order valence-electron chi connectivity index (χ1n) is 9.41. The molecule has 1 amide bonds. The molecule has 0 radical (unpaired) electrons. The summed E-state index contributed by atoms with van der Waals surface area (Å²) in [6, 6.07) is 16.6. The predicted molar refractivity (Wildman–Crippen MR) is 148 cm³/mol. The second-order valence-corrected chi connectivity index (χ2v) is 9.94. The Labute approximate surface area is 232 Å². The number of nitriles is 1. The lowest BCUT2D eigenvalue weighted by molar-refractivity contribution is -0.384. The monoisotopic (exact) mass is 719 g/mol. The fourth-order valence-corrected chi connectivity index (χ4v) is 5.22. The van der Waals surface area contributed by atoms with Crippen molar-refractivity contribution >= 4 is 91.7 Å². The van der Waals surface area contributed by atoms with Gasteiger partial charge in [0.2, 0.25) is 0 Å². The number of nitrogens with one attached hydrogen (secondary N) is 1. The number of nitrogens with zero attached hydrogens (tertiary/aromatic N) is 2. The van der Waals surface area contributed by atoms with Crippen LogP contribution in [0, 0.1) is 28.6 Å². The summed E-state index contributed by atoms with van der Waals surface area (Å²) in [5.74, 6) is -0.0167. The highest BCUT2D eigenvalue weighted by molar-refractivity contribution is 14.1. The van der Waals surface area contributed by atoms with E-state index in [-0.39, 0.29) is 22.0 Å². The lowest BCUT2D eigenvalue weighted by Crippen LogP contribution is -2.13. The molecular formula is C23H13Cl2I2N3O4. The molecule has 3 aromatic rings. The molecule has 11 heteroatoms. The largest absolute Gasteiger partial charge is 0.487 e. The predicted octanol–water partition coefficient (Wildman–Crippen LogP) is 7.24. The van der Waals surface area contributed by atoms with E-state index < -0.39 is 10.8 Å². The Morgan fingerprint density at radius 1 is 1.12 bits per heavy atom. The summed E-state index contributed by atoms with van der Waals surface area (Å²) in [7, 11) is 0. The van der Waals surface area contributed by atoms with Crippen LogP contribution in [0.1, 0.15) is 11.1 Å². The van der Waals surface area contributed by atoms with Crippen molar-refractivity contribution in [1.82, 2.24) is 0 Å². The van der Waals surface area contributed by atoms with Crippen molar-refractivity contribution in [2.45, 2.75) is 6.61 Å². The fraction of sp³-hybridized carbons (Fsp3) is 0.0435. The number of halogens is 4. The number of anilines is 1. The van der Waals surface area contributed by atoms with Crippen molar-refractivity contribution < 1.29 is 14.5 Å². The molecule has 0 saturated carbocycles. The minimum absolute atomic E-state index is 0.0541. The van der Waals surface area contributed by atoms with Gasteiger partial charge in [0.15, 0.2) is 0 Å². The fourth-order valence-electron chi connectivity index (χ4n) is 2.78. The first kappa shape index (κ1) is 26.2. The van der Waals surface area contributed by atoms with Gasteiger partial charge in [-0.3, -0.25) is 14.9 Å². The molecule has 3 aromatic carbocycles. The van der Waals surface area contributed by atoms with Gasteiger partial charge in [-0.2, -0.15) is 5.26 Å². The van der Waals surface area contributed by atoms with E-state index in [2.05, 4.69) is 50.5 Å². The minimum atomic E-state index is -0.702. The van der Waals surface area contributed by atoms with Crippen molar-refractivity contribution in [3.05, 3.63) is 98.6 Å². The number of carbonyl (C=O) groups is 1. The van der Waals surface area contributed by atoms with Crippen LogP contribution in [0.3, 0.4) is 0 Å². The highest BCUT2D eigenvalue weighted by Crippen LogP contribution is 2.31. The number of nitro benzene ring substituents is 1. The third kappa shape index (κ3) is 6.82. The Kier molecular flexibility index (Phi) is 9.12. The molecule has 0 heterocycles. The quantitative estimate of drug-likeness (QED) is 0.0912. The van der Waals surface area contributed by atoms with Gasteiger partial charge < -0.3 is 10.1 Å². The van der Waals surface area contributed by atoms with Crippen LogP contribution < -0.4 is 10.1 Å². The summed E-state index contributed by atoms with van der Waals surface area (Å²) in [6.45, 7) is 0.359. The summed E-state index contributed by atoms with van der Waals surface area (Å²) in [4.78, 5) is 23.0. The van der Waals surface area contributed by atoms with Crippen LogP contribution in [0.25, 0.3) is 6.08 Å². The van der Waals surface area contributed by atoms with Crippen LogP contribution in [-0.4, -0.2) is 10.8 Å². The first-order chi connectivity index (χ1) is 16.2. The van der Waals surface area contributed by atoms with E-state index in [0.29, 0.717) is 22.9 Å². The van der Waals surface area contributed by atoms with E-state index in [1.165, 1.54) is 18.2 Å². The Hall–Kier alpha value is -2.40. The van der Waals surface area contributed by atoms with E-state index in [1.54, 1.807) is 24.3 Å². The number of carbonyl (C=O) groups excluding carboxylic acids is 1. The number of amides is 1. The SMILES string of the molecule is N#C/C(=C\c1cc(I)c(OCc2ccc(Cl)cc2)c(I)c1)C(=O)Nc1ccc(Cl)c([N+](=O)[O-])c1. The van der Waals surface area contributed by atoms with E-state index in [0.717, 1.165) is 18.8 Å². The van der Waals surface area contributed by atoms with Crippen LogP contribution in [0.15, 0.2) is 60.2 Å². The molecule has 0 aliphatic carbocycles. The Balaban J connectivity index is 1.78. The molecule has 0 unspecified atom stereocenters. The second-order valence-electron chi connectivity index (χ2n) is 6.78. The molecule has 172 valence electrons. The van der Waals surface area contributed by atoms with Crippen molar-refractivity contribution in [2.24, 2.45) is 0 Å². The molecule has 0 aliphatic heterocycles. The molecule has 0 spiro atoms. The standard InChI is InChI=1S/C23H13Cl2I2N3O4/c24-16-3-1-13(2-4-16)12-34-22-19(26)8-14(9-20(22)27)7-15(11-28)23(31)29-17-5-6-18(25)21(10-17)30(32)33/h1-10H,12H2,(H,29,31)/b15-7+. The zero-order valence-corrected chi connectivity index (χ0v) is 22.8. The van der Waals surface area contributed by atoms with Gasteiger partial charge in [-0.15, -0.1) is 0 Å². The van der Waals surface area contributed by atoms with Crippen molar-refractivity contribution in [2.75, 3.05) is 5.32 Å². The molecule has 0 fully saturated rings. The highest BCUT2D eigenvalue weighted by atomic mass is 127. The van der Waals surface area contributed by atoms with Gasteiger partial charge in [0.05, 0.1) is 12.1 Å². The van der Waals surface area contributed by atoms with E-state index >= 15 is 0 Å². The van der Waals surface area contributed by atoms with E-state index in [4.69, 9.17) is 27.9 Å². The van der Waals surface area contributed by atoms with Crippen molar-refractivity contribution in [3.8, 4) is 11.8 Å². The Morgan fingerprint density at radius 2 is 1.76 bits per heavy atom. The molecule has 0 atom stereocenters. The average molecular weight is 720 g/mol. The lowest BCUT2D eigenvalue weighted by Gasteiger charge is -2.12. The molecule has 0 saturated heterocycles. The summed E-state index contributed by atoms with van der Waals surface area (Å²) >= 11 is 16.0. The molecule has 0 aliphatic rings. The van der Waals surface area contributed by atoms with Gasteiger partial charge in [-0.1, -0.05) is 35.3 Å². The minimum Gasteiger partial charge on any atom is -0.487 e. The molecule has 34 heavy (non-hydrogen) atoms. The van der Waals surface area contributed by atoms with Crippen LogP contribution in [-0.2, 0) is 11.4 Å². The lowest BCUT2D eigenvalue weighted by atomic mass is 10.1. The molecule has 7 nitrogen and oxygen atoms in total. The van der Waals surface area contributed by atoms with Gasteiger partial charge in [0.1, 0.15) is 29.0 Å². The number of hydrogen-bond acceptors (Lipinski definition) is 5. The maximum Gasteiger partial charge on any atom is 0.289 e. The molecule has 0 bridgehead atoms. The summed E-state index contributed by atoms with van der Waals surface area (Å²) in [5.41, 5.74) is 1.23. The molecular weight excluding hydrogens is 707 g/mol.